The zero-order valence-corrected chi connectivity index (χ0v) is 10.9. The number of aryl methyl sites for hydroxylation is 1. The standard InChI is InChI=1S/C15H14N4/c1-10-9-12(11-5-3-4-6-13(11)19-10)14-15(16-2)18-8-7-17-14/h3-9H,1-2H3,(H,16,18). The molecule has 94 valence electrons. The highest BCUT2D eigenvalue weighted by atomic mass is 15.0. The van der Waals surface area contributed by atoms with Gasteiger partial charge in [0.2, 0.25) is 0 Å². The average Bonchev–Trinajstić information content (AvgIpc) is 2.46. The van der Waals surface area contributed by atoms with Gasteiger partial charge in [-0.1, -0.05) is 18.2 Å². The van der Waals surface area contributed by atoms with E-state index in [2.05, 4.69) is 26.3 Å². The Kier molecular flexibility index (Phi) is 2.83. The monoisotopic (exact) mass is 250 g/mol. The van der Waals surface area contributed by atoms with Gasteiger partial charge in [0, 0.05) is 36.1 Å². The van der Waals surface area contributed by atoms with Crippen LogP contribution in [0.15, 0.2) is 42.7 Å². The van der Waals surface area contributed by atoms with Crippen molar-refractivity contribution in [3.63, 3.8) is 0 Å². The van der Waals surface area contributed by atoms with Crippen molar-refractivity contribution in [3.8, 4) is 11.3 Å². The van der Waals surface area contributed by atoms with Crippen LogP contribution in [0.2, 0.25) is 0 Å². The Morgan fingerprint density at radius 1 is 1.05 bits per heavy atom. The fourth-order valence-corrected chi connectivity index (χ4v) is 2.22. The highest BCUT2D eigenvalue weighted by Crippen LogP contribution is 2.30. The summed E-state index contributed by atoms with van der Waals surface area (Å²) in [6.45, 7) is 1.99. The molecule has 0 unspecified atom stereocenters. The molecule has 1 aromatic carbocycles. The number of nitrogens with one attached hydrogen (secondary N) is 1. The smallest absolute Gasteiger partial charge is 0.152 e. The Morgan fingerprint density at radius 2 is 1.84 bits per heavy atom. The molecule has 1 N–H and O–H groups in total. The molecule has 0 radical (unpaired) electrons. The van der Waals surface area contributed by atoms with Crippen molar-refractivity contribution in [2.45, 2.75) is 6.92 Å². The third kappa shape index (κ3) is 2.01. The molecule has 4 nitrogen and oxygen atoms in total. The first-order valence-corrected chi connectivity index (χ1v) is 6.15. The van der Waals surface area contributed by atoms with Gasteiger partial charge >= 0.3 is 0 Å². The van der Waals surface area contributed by atoms with Gasteiger partial charge in [-0.25, -0.2) is 4.98 Å². The van der Waals surface area contributed by atoms with Gasteiger partial charge in [-0.15, -0.1) is 0 Å². The number of pyridine rings is 1. The van der Waals surface area contributed by atoms with Crippen LogP contribution in [0.25, 0.3) is 22.2 Å². The number of fused-ring (bicyclic) bond motifs is 1. The molecular weight excluding hydrogens is 236 g/mol. The molecule has 0 spiro atoms. The van der Waals surface area contributed by atoms with E-state index in [1.165, 1.54) is 0 Å². The molecule has 4 heteroatoms. The molecule has 0 amide bonds. The molecule has 0 aliphatic heterocycles. The van der Waals surface area contributed by atoms with Crippen molar-refractivity contribution < 1.29 is 0 Å². The van der Waals surface area contributed by atoms with Gasteiger partial charge in [-0.05, 0) is 19.1 Å². The maximum atomic E-state index is 4.55. The summed E-state index contributed by atoms with van der Waals surface area (Å²) in [5, 5.41) is 4.17. The first-order chi connectivity index (χ1) is 9.29. The number of aromatic nitrogens is 3. The minimum absolute atomic E-state index is 0.776. The average molecular weight is 250 g/mol. The van der Waals surface area contributed by atoms with E-state index in [0.29, 0.717) is 0 Å². The number of nitrogens with zero attached hydrogens (tertiary/aromatic N) is 3. The van der Waals surface area contributed by atoms with Gasteiger partial charge in [0.05, 0.1) is 5.52 Å². The lowest BCUT2D eigenvalue weighted by Gasteiger charge is -2.10. The van der Waals surface area contributed by atoms with Crippen molar-refractivity contribution in [1.29, 1.82) is 0 Å². The minimum atomic E-state index is 0.776. The first-order valence-electron chi connectivity index (χ1n) is 6.15. The van der Waals surface area contributed by atoms with Gasteiger partial charge in [-0.2, -0.15) is 0 Å². The normalized spacial score (nSPS) is 10.6. The second-order valence-electron chi connectivity index (χ2n) is 4.33. The largest absolute Gasteiger partial charge is 0.371 e. The van der Waals surface area contributed by atoms with Gasteiger partial charge in [-0.3, -0.25) is 9.97 Å². The van der Waals surface area contributed by atoms with E-state index in [-0.39, 0.29) is 0 Å². The number of anilines is 1. The Bertz CT molecular complexity index is 737. The van der Waals surface area contributed by atoms with Crippen LogP contribution >= 0.6 is 0 Å². The van der Waals surface area contributed by atoms with Crippen molar-refractivity contribution in [3.05, 3.63) is 48.4 Å². The summed E-state index contributed by atoms with van der Waals surface area (Å²) in [6.07, 6.45) is 3.40. The third-order valence-electron chi connectivity index (χ3n) is 3.03. The zero-order chi connectivity index (χ0) is 13.2. The molecule has 0 fully saturated rings. The van der Waals surface area contributed by atoms with E-state index in [4.69, 9.17) is 0 Å². The first kappa shape index (κ1) is 11.6. The molecule has 0 aliphatic carbocycles. The maximum Gasteiger partial charge on any atom is 0.152 e. The molecule has 2 heterocycles. The molecule has 0 bridgehead atoms. The van der Waals surface area contributed by atoms with Gasteiger partial charge in [0.25, 0.3) is 0 Å². The molecule has 3 rings (SSSR count). The summed E-state index contributed by atoms with van der Waals surface area (Å²) in [7, 11) is 1.85. The molecule has 19 heavy (non-hydrogen) atoms. The van der Waals surface area contributed by atoms with Gasteiger partial charge in [0.15, 0.2) is 5.82 Å². The fraction of sp³-hybridized carbons (Fsp3) is 0.133. The van der Waals surface area contributed by atoms with Crippen LogP contribution in [-0.4, -0.2) is 22.0 Å². The molecule has 0 saturated carbocycles. The van der Waals surface area contributed by atoms with E-state index >= 15 is 0 Å². The SMILES string of the molecule is CNc1nccnc1-c1cc(C)nc2ccccc12. The molecule has 2 aromatic heterocycles. The number of benzene rings is 1. The van der Waals surface area contributed by atoms with Crippen LogP contribution in [-0.2, 0) is 0 Å². The Balaban J connectivity index is 2.36. The van der Waals surface area contributed by atoms with Crippen molar-refractivity contribution in [2.24, 2.45) is 0 Å². The Labute approximate surface area is 111 Å². The Hall–Kier alpha value is -2.49. The molecule has 0 saturated heterocycles. The zero-order valence-electron chi connectivity index (χ0n) is 10.9. The molecule has 3 aromatic rings. The maximum absolute atomic E-state index is 4.55. The summed E-state index contributed by atoms with van der Waals surface area (Å²) in [5.74, 6) is 0.776. The topological polar surface area (TPSA) is 50.7 Å². The summed E-state index contributed by atoms with van der Waals surface area (Å²) in [5.41, 5.74) is 3.86. The van der Waals surface area contributed by atoms with Crippen molar-refractivity contribution >= 4 is 16.7 Å². The van der Waals surface area contributed by atoms with Crippen LogP contribution in [0.5, 0.6) is 0 Å². The number of hydrogen-bond donors (Lipinski definition) is 1. The lowest BCUT2D eigenvalue weighted by atomic mass is 10.0. The summed E-state index contributed by atoms with van der Waals surface area (Å²) in [6, 6.07) is 10.1. The molecular formula is C15H14N4. The Morgan fingerprint density at radius 3 is 2.68 bits per heavy atom. The van der Waals surface area contributed by atoms with Crippen LogP contribution in [0.3, 0.4) is 0 Å². The third-order valence-corrected chi connectivity index (χ3v) is 3.03. The van der Waals surface area contributed by atoms with E-state index in [1.54, 1.807) is 12.4 Å². The molecule has 0 aliphatic rings. The lowest BCUT2D eigenvalue weighted by molar-refractivity contribution is 1.18. The second-order valence-corrected chi connectivity index (χ2v) is 4.33. The van der Waals surface area contributed by atoms with E-state index < -0.39 is 0 Å². The highest BCUT2D eigenvalue weighted by molar-refractivity contribution is 5.96. The van der Waals surface area contributed by atoms with Crippen LogP contribution in [0.1, 0.15) is 5.69 Å². The van der Waals surface area contributed by atoms with E-state index in [0.717, 1.165) is 33.7 Å². The fourth-order valence-electron chi connectivity index (χ4n) is 2.22. The van der Waals surface area contributed by atoms with E-state index in [9.17, 15) is 0 Å². The predicted molar refractivity (Wildman–Crippen MR) is 77.1 cm³/mol. The highest BCUT2D eigenvalue weighted by Gasteiger charge is 2.11. The van der Waals surface area contributed by atoms with Crippen LogP contribution in [0, 0.1) is 6.92 Å². The van der Waals surface area contributed by atoms with Gasteiger partial charge < -0.3 is 5.32 Å². The molecule has 0 atom stereocenters. The van der Waals surface area contributed by atoms with Crippen molar-refractivity contribution in [1.82, 2.24) is 15.0 Å². The van der Waals surface area contributed by atoms with E-state index in [1.807, 2.05) is 38.2 Å². The second kappa shape index (κ2) is 4.65. The lowest BCUT2D eigenvalue weighted by Crippen LogP contribution is -1.98. The number of hydrogen-bond acceptors (Lipinski definition) is 4. The summed E-state index contributed by atoms with van der Waals surface area (Å²) < 4.78 is 0. The number of rotatable bonds is 2. The predicted octanol–water partition coefficient (Wildman–Crippen LogP) is 3.04. The van der Waals surface area contributed by atoms with Gasteiger partial charge in [0.1, 0.15) is 5.69 Å². The van der Waals surface area contributed by atoms with Crippen LogP contribution in [0.4, 0.5) is 5.82 Å². The van der Waals surface area contributed by atoms with Crippen LogP contribution < -0.4 is 5.32 Å². The van der Waals surface area contributed by atoms with Crippen molar-refractivity contribution in [2.75, 3.05) is 12.4 Å². The minimum Gasteiger partial charge on any atom is -0.371 e. The number of para-hydroxylation sites is 1. The summed E-state index contributed by atoms with van der Waals surface area (Å²) >= 11 is 0. The summed E-state index contributed by atoms with van der Waals surface area (Å²) in [4.78, 5) is 13.3. The quantitative estimate of drug-likeness (QED) is 0.759.